The number of halogens is 1. The van der Waals surface area contributed by atoms with Gasteiger partial charge in [0.05, 0.1) is 18.2 Å². The number of fused-ring (bicyclic) bond motifs is 1. The largest absolute Gasteiger partial charge is 0.496 e. The molecule has 3 nitrogen and oxygen atoms in total. The molecule has 0 bridgehead atoms. The molecule has 0 saturated heterocycles. The number of methoxy groups -OCH3 is 1. The fourth-order valence-corrected chi connectivity index (χ4v) is 4.30. The monoisotopic (exact) mass is 355 g/mol. The summed E-state index contributed by atoms with van der Waals surface area (Å²) in [4.78, 5) is 15.6. The summed E-state index contributed by atoms with van der Waals surface area (Å²) in [5.74, 6) is 1.07. The second-order valence-electron chi connectivity index (χ2n) is 7.25. The predicted molar refractivity (Wildman–Crippen MR) is 102 cm³/mol. The highest BCUT2D eigenvalue weighted by atomic mass is 35.5. The topological polar surface area (TPSA) is 29.5 Å². The molecule has 25 heavy (non-hydrogen) atoms. The van der Waals surface area contributed by atoms with E-state index in [2.05, 4.69) is 11.8 Å². The maximum absolute atomic E-state index is 13.3. The van der Waals surface area contributed by atoms with E-state index in [1.54, 1.807) is 7.11 Å². The van der Waals surface area contributed by atoms with Crippen molar-refractivity contribution < 1.29 is 9.53 Å². The summed E-state index contributed by atoms with van der Waals surface area (Å²) in [6, 6.07) is 9.82. The Morgan fingerprint density at radius 2 is 1.80 bits per heavy atom. The fraction of sp³-hybridized carbons (Fsp3) is 0.381. The quantitative estimate of drug-likeness (QED) is 0.715. The maximum atomic E-state index is 13.3. The van der Waals surface area contributed by atoms with Crippen LogP contribution < -0.4 is 9.64 Å². The van der Waals surface area contributed by atoms with Crippen LogP contribution in [0, 0.1) is 19.3 Å². The second kappa shape index (κ2) is 5.77. The lowest BCUT2D eigenvalue weighted by atomic mass is 9.62. The average Bonchev–Trinajstić information content (AvgIpc) is 2.58. The molecule has 0 unspecified atom stereocenters. The Balaban J connectivity index is 1.94. The van der Waals surface area contributed by atoms with Gasteiger partial charge in [0.25, 0.3) is 0 Å². The molecular weight excluding hydrogens is 334 g/mol. The van der Waals surface area contributed by atoms with Gasteiger partial charge in [-0.15, -0.1) is 0 Å². The predicted octanol–water partition coefficient (Wildman–Crippen LogP) is 5.47. The molecule has 1 aliphatic heterocycles. The smallest absolute Gasteiger partial charge is 0.173 e. The van der Waals surface area contributed by atoms with Crippen LogP contribution in [0.25, 0.3) is 0 Å². The minimum Gasteiger partial charge on any atom is -0.496 e. The number of nitrogens with zero attached hydrogens (tertiary/aromatic N) is 1. The summed E-state index contributed by atoms with van der Waals surface area (Å²) in [5, 5.41) is 0.720. The normalized spacial score (nSPS) is 18.1. The average molecular weight is 356 g/mol. The van der Waals surface area contributed by atoms with E-state index in [9.17, 15) is 4.79 Å². The Morgan fingerprint density at radius 3 is 2.36 bits per heavy atom. The zero-order valence-corrected chi connectivity index (χ0v) is 15.6. The number of hydrogen-bond donors (Lipinski definition) is 0. The summed E-state index contributed by atoms with van der Waals surface area (Å²) >= 11 is 6.08. The lowest BCUT2D eigenvalue weighted by Gasteiger charge is -2.49. The van der Waals surface area contributed by atoms with Crippen molar-refractivity contribution in [2.75, 3.05) is 18.6 Å². The van der Waals surface area contributed by atoms with Gasteiger partial charge in [-0.25, -0.2) is 0 Å². The van der Waals surface area contributed by atoms with E-state index in [1.165, 1.54) is 0 Å². The molecule has 2 aliphatic rings. The SMILES string of the molecule is COc1cc2c(c(C)c1C)N(c1ccc(Cl)cc1)CC1(CCC1)C2=O. The molecule has 1 fully saturated rings. The first-order valence-electron chi connectivity index (χ1n) is 8.73. The Hall–Kier alpha value is -2.00. The minimum absolute atomic E-state index is 0.251. The van der Waals surface area contributed by atoms with Gasteiger partial charge in [-0.2, -0.15) is 0 Å². The van der Waals surface area contributed by atoms with Crippen LogP contribution in [0.5, 0.6) is 5.75 Å². The van der Waals surface area contributed by atoms with Crippen LogP contribution in [-0.2, 0) is 0 Å². The maximum Gasteiger partial charge on any atom is 0.173 e. The lowest BCUT2D eigenvalue weighted by molar-refractivity contribution is 0.0619. The van der Waals surface area contributed by atoms with E-state index >= 15 is 0 Å². The van der Waals surface area contributed by atoms with E-state index in [0.29, 0.717) is 0 Å². The Kier molecular flexibility index (Phi) is 3.80. The van der Waals surface area contributed by atoms with Crippen molar-refractivity contribution in [2.45, 2.75) is 33.1 Å². The number of benzene rings is 2. The summed E-state index contributed by atoms with van der Waals surface area (Å²) < 4.78 is 5.53. The van der Waals surface area contributed by atoms with Gasteiger partial charge >= 0.3 is 0 Å². The van der Waals surface area contributed by atoms with E-state index < -0.39 is 0 Å². The summed E-state index contributed by atoms with van der Waals surface area (Å²) in [7, 11) is 1.66. The summed E-state index contributed by atoms with van der Waals surface area (Å²) in [6.45, 7) is 4.87. The first-order chi connectivity index (χ1) is 12.0. The van der Waals surface area contributed by atoms with Crippen molar-refractivity contribution >= 4 is 28.8 Å². The molecule has 4 rings (SSSR count). The Bertz CT molecular complexity index is 853. The molecular formula is C21H22ClNO2. The van der Waals surface area contributed by atoms with Crippen molar-refractivity contribution in [2.24, 2.45) is 5.41 Å². The third-order valence-electron chi connectivity index (χ3n) is 5.94. The molecule has 4 heteroatoms. The van der Waals surface area contributed by atoms with Crippen molar-refractivity contribution in [3.8, 4) is 5.75 Å². The number of ketones is 1. The number of hydrogen-bond acceptors (Lipinski definition) is 3. The molecule has 1 aliphatic carbocycles. The number of carbonyl (C=O) groups is 1. The highest BCUT2D eigenvalue weighted by Gasteiger charge is 2.50. The van der Waals surface area contributed by atoms with Crippen molar-refractivity contribution in [1.29, 1.82) is 0 Å². The number of anilines is 2. The molecule has 1 heterocycles. The van der Waals surface area contributed by atoms with E-state index in [4.69, 9.17) is 16.3 Å². The molecule has 2 aromatic rings. The van der Waals surface area contributed by atoms with Crippen LogP contribution in [-0.4, -0.2) is 19.4 Å². The van der Waals surface area contributed by atoms with Crippen molar-refractivity contribution in [3.63, 3.8) is 0 Å². The van der Waals surface area contributed by atoms with E-state index in [-0.39, 0.29) is 11.2 Å². The number of Topliss-reactive ketones (excluding diaryl/α,β-unsaturated/α-hetero) is 1. The van der Waals surface area contributed by atoms with Crippen LogP contribution in [0.1, 0.15) is 40.7 Å². The third kappa shape index (κ3) is 2.36. The molecule has 1 saturated carbocycles. The van der Waals surface area contributed by atoms with Crippen LogP contribution in [0.15, 0.2) is 30.3 Å². The molecule has 1 spiro atoms. The van der Waals surface area contributed by atoms with Crippen molar-refractivity contribution in [1.82, 2.24) is 0 Å². The van der Waals surface area contributed by atoms with Gasteiger partial charge in [0, 0.05) is 22.8 Å². The zero-order chi connectivity index (χ0) is 17.8. The minimum atomic E-state index is -0.251. The Labute approximate surface area is 153 Å². The lowest BCUT2D eigenvalue weighted by Crippen LogP contribution is -2.50. The Morgan fingerprint density at radius 1 is 1.12 bits per heavy atom. The molecule has 0 radical (unpaired) electrons. The highest BCUT2D eigenvalue weighted by molar-refractivity contribution is 6.30. The zero-order valence-electron chi connectivity index (χ0n) is 14.9. The summed E-state index contributed by atoms with van der Waals surface area (Å²) in [5.41, 5.74) is 4.82. The number of rotatable bonds is 2. The standard InChI is InChI=1S/C21H22ClNO2/c1-13-14(2)19-17(11-18(13)25-3)20(24)21(9-4-10-21)12-23(19)16-7-5-15(22)6-8-16/h5-8,11H,4,9-10,12H2,1-3H3. The molecule has 0 aromatic heterocycles. The third-order valence-corrected chi connectivity index (χ3v) is 6.20. The van der Waals surface area contributed by atoms with Gasteiger partial charge in [-0.3, -0.25) is 4.79 Å². The van der Waals surface area contributed by atoms with Gasteiger partial charge in [0.15, 0.2) is 5.78 Å². The van der Waals surface area contributed by atoms with E-state index in [1.807, 2.05) is 37.3 Å². The van der Waals surface area contributed by atoms with Crippen LogP contribution in [0.3, 0.4) is 0 Å². The molecule has 0 atom stereocenters. The molecule has 2 aromatic carbocycles. The van der Waals surface area contributed by atoms with Crippen LogP contribution >= 0.6 is 11.6 Å². The fourth-order valence-electron chi connectivity index (χ4n) is 4.17. The second-order valence-corrected chi connectivity index (χ2v) is 7.69. The van der Waals surface area contributed by atoms with Gasteiger partial charge in [-0.05, 0) is 68.1 Å². The first kappa shape index (κ1) is 16.5. The van der Waals surface area contributed by atoms with E-state index in [0.717, 1.165) is 64.6 Å². The van der Waals surface area contributed by atoms with Gasteiger partial charge in [-0.1, -0.05) is 18.0 Å². The number of carbonyl (C=O) groups excluding carboxylic acids is 1. The van der Waals surface area contributed by atoms with Gasteiger partial charge in [0.1, 0.15) is 5.75 Å². The molecule has 0 N–H and O–H groups in total. The van der Waals surface area contributed by atoms with Crippen molar-refractivity contribution in [3.05, 3.63) is 52.0 Å². The van der Waals surface area contributed by atoms with Gasteiger partial charge in [0.2, 0.25) is 0 Å². The highest BCUT2D eigenvalue weighted by Crippen LogP contribution is 2.53. The van der Waals surface area contributed by atoms with Crippen LogP contribution in [0.2, 0.25) is 5.02 Å². The van der Waals surface area contributed by atoms with Crippen LogP contribution in [0.4, 0.5) is 11.4 Å². The number of ether oxygens (including phenoxy) is 1. The first-order valence-corrected chi connectivity index (χ1v) is 9.11. The van der Waals surface area contributed by atoms with Gasteiger partial charge < -0.3 is 9.64 Å². The molecule has 130 valence electrons. The molecule has 0 amide bonds. The summed E-state index contributed by atoms with van der Waals surface area (Å²) in [6.07, 6.45) is 3.05.